The number of ether oxygens (including phenoxy) is 1. The molecule has 4 rings (SSSR count). The van der Waals surface area contributed by atoms with E-state index in [0.717, 1.165) is 27.6 Å². The van der Waals surface area contributed by atoms with Crippen molar-refractivity contribution in [1.82, 2.24) is 4.98 Å². The number of hydrogen-bond acceptors (Lipinski definition) is 4. The molecule has 2 N–H and O–H groups in total. The van der Waals surface area contributed by atoms with Gasteiger partial charge in [0.2, 0.25) is 0 Å². The highest BCUT2D eigenvalue weighted by molar-refractivity contribution is 6.06. The molecule has 114 valence electrons. The molecule has 1 aliphatic carbocycles. The highest BCUT2D eigenvalue weighted by Gasteiger charge is 2.27. The van der Waals surface area contributed by atoms with Gasteiger partial charge in [-0.2, -0.15) is 0 Å². The van der Waals surface area contributed by atoms with Gasteiger partial charge in [0.15, 0.2) is 5.88 Å². The maximum absolute atomic E-state index is 11.4. The summed E-state index contributed by atoms with van der Waals surface area (Å²) in [6, 6.07) is 13.2. The van der Waals surface area contributed by atoms with Crippen LogP contribution in [0.25, 0.3) is 22.2 Å². The summed E-state index contributed by atoms with van der Waals surface area (Å²) >= 11 is 0. The average Bonchev–Trinajstić information content (AvgIpc) is 3.09. The molecule has 2 aromatic carbocycles. The lowest BCUT2D eigenvalue weighted by molar-refractivity contribution is 0.415. The molecule has 3 aromatic rings. The second-order valence-corrected chi connectivity index (χ2v) is 5.51. The van der Waals surface area contributed by atoms with E-state index in [9.17, 15) is 10.0 Å². The Morgan fingerprint density at radius 2 is 2.04 bits per heavy atom. The number of allylic oxidation sites excluding steroid dienone is 1. The molecule has 0 spiro atoms. The van der Waals surface area contributed by atoms with Gasteiger partial charge in [-0.25, -0.2) is 0 Å². The second-order valence-electron chi connectivity index (χ2n) is 5.51. The third-order valence-electron chi connectivity index (χ3n) is 4.30. The van der Waals surface area contributed by atoms with Crippen LogP contribution in [-0.2, 0) is 6.42 Å². The molecule has 0 unspecified atom stereocenters. The zero-order valence-corrected chi connectivity index (χ0v) is 12.5. The largest absolute Gasteiger partial charge is 0.497 e. The number of aromatic nitrogens is 1. The minimum Gasteiger partial charge on any atom is -0.497 e. The average molecular weight is 306 g/mol. The molecule has 0 saturated carbocycles. The number of fused-ring (bicyclic) bond motifs is 2. The van der Waals surface area contributed by atoms with Crippen LogP contribution >= 0.6 is 0 Å². The molecule has 0 atom stereocenters. The Bertz CT molecular complexity index is 970. The molecular weight excluding hydrogens is 292 g/mol. The van der Waals surface area contributed by atoms with Crippen LogP contribution in [-0.4, -0.2) is 17.2 Å². The number of hydrogen-bond donors (Lipinski definition) is 2. The minimum atomic E-state index is 0.0391. The number of nitrogens with zero attached hydrogens (tertiary/aromatic N) is 1. The molecule has 0 radical (unpaired) electrons. The summed E-state index contributed by atoms with van der Waals surface area (Å²) in [4.78, 5) is 14.4. The van der Waals surface area contributed by atoms with Crippen LogP contribution in [0.2, 0.25) is 0 Å². The van der Waals surface area contributed by atoms with E-state index in [1.807, 2.05) is 42.5 Å². The van der Waals surface area contributed by atoms with Crippen molar-refractivity contribution >= 4 is 22.2 Å². The minimum absolute atomic E-state index is 0.0391. The fraction of sp³-hybridized carbons (Fsp3) is 0.111. The molecule has 1 aromatic heterocycles. The van der Waals surface area contributed by atoms with E-state index in [2.05, 4.69) is 10.2 Å². The summed E-state index contributed by atoms with van der Waals surface area (Å²) in [6.07, 6.45) is 0.564. The van der Waals surface area contributed by atoms with E-state index in [4.69, 9.17) is 4.74 Å². The Morgan fingerprint density at radius 3 is 2.83 bits per heavy atom. The number of benzene rings is 2. The van der Waals surface area contributed by atoms with Crippen molar-refractivity contribution in [2.24, 2.45) is 5.18 Å². The standard InChI is InChI=1S/C18H14N2O3/c1-23-11-6-7-15-13(9-11)16(18(21)19-15)14-8-10-4-2-3-5-12(10)17(14)20-22/h2-7,9,19,21H,8H2,1H3. The van der Waals surface area contributed by atoms with Gasteiger partial charge in [-0.3, -0.25) is 0 Å². The van der Waals surface area contributed by atoms with Crippen molar-refractivity contribution in [2.45, 2.75) is 6.42 Å². The van der Waals surface area contributed by atoms with Crippen molar-refractivity contribution in [3.8, 4) is 11.6 Å². The predicted octanol–water partition coefficient (Wildman–Crippen LogP) is 4.07. The van der Waals surface area contributed by atoms with Crippen molar-refractivity contribution < 1.29 is 9.84 Å². The van der Waals surface area contributed by atoms with Crippen LogP contribution in [0.4, 0.5) is 0 Å². The summed E-state index contributed by atoms with van der Waals surface area (Å²) in [5.74, 6) is 0.728. The maximum atomic E-state index is 11.4. The van der Waals surface area contributed by atoms with E-state index < -0.39 is 0 Å². The number of rotatable bonds is 3. The fourth-order valence-electron chi connectivity index (χ4n) is 3.24. The van der Waals surface area contributed by atoms with Crippen LogP contribution in [0.5, 0.6) is 11.6 Å². The van der Waals surface area contributed by atoms with Gasteiger partial charge in [-0.05, 0) is 34.5 Å². The van der Waals surface area contributed by atoms with Gasteiger partial charge in [0, 0.05) is 28.5 Å². The topological polar surface area (TPSA) is 74.7 Å². The Labute approximate surface area is 132 Å². The molecule has 1 aliphatic rings. The highest BCUT2D eigenvalue weighted by Crippen LogP contribution is 2.44. The Kier molecular flexibility index (Phi) is 2.94. The lowest BCUT2D eigenvalue weighted by atomic mass is 10.0. The summed E-state index contributed by atoms with van der Waals surface area (Å²) in [7, 11) is 1.59. The van der Waals surface area contributed by atoms with Gasteiger partial charge in [0.05, 0.1) is 7.11 Å². The molecule has 0 amide bonds. The summed E-state index contributed by atoms with van der Waals surface area (Å²) in [5, 5.41) is 14.4. The van der Waals surface area contributed by atoms with Crippen LogP contribution in [0.1, 0.15) is 16.7 Å². The van der Waals surface area contributed by atoms with E-state index in [1.54, 1.807) is 7.11 Å². The number of nitroso groups, excluding NO2 is 1. The molecule has 1 heterocycles. The molecule has 5 nitrogen and oxygen atoms in total. The summed E-state index contributed by atoms with van der Waals surface area (Å²) in [6.45, 7) is 0. The van der Waals surface area contributed by atoms with Gasteiger partial charge >= 0.3 is 0 Å². The van der Waals surface area contributed by atoms with Gasteiger partial charge in [-0.1, -0.05) is 24.3 Å². The smallest absolute Gasteiger partial charge is 0.197 e. The van der Waals surface area contributed by atoms with Gasteiger partial charge in [0.1, 0.15) is 11.4 Å². The van der Waals surface area contributed by atoms with Crippen molar-refractivity contribution in [3.05, 3.63) is 64.1 Å². The van der Waals surface area contributed by atoms with E-state index in [0.29, 0.717) is 23.4 Å². The fourth-order valence-corrected chi connectivity index (χ4v) is 3.24. The number of H-pyrrole nitrogens is 1. The SMILES string of the molecule is COc1ccc2[nH]c(O)c(C3=C(N=O)c4ccccc4C3)c2c1. The van der Waals surface area contributed by atoms with Crippen LogP contribution in [0.3, 0.4) is 0 Å². The normalized spacial score (nSPS) is 13.4. The second kappa shape index (κ2) is 4.98. The molecule has 0 aliphatic heterocycles. The predicted molar refractivity (Wildman–Crippen MR) is 89.3 cm³/mol. The Hall–Kier alpha value is -3.08. The number of aromatic amines is 1. The maximum Gasteiger partial charge on any atom is 0.197 e. The zero-order chi connectivity index (χ0) is 16.0. The first-order valence-corrected chi connectivity index (χ1v) is 7.26. The number of nitrogens with one attached hydrogen (secondary N) is 1. The Balaban J connectivity index is 1.99. The van der Waals surface area contributed by atoms with Crippen molar-refractivity contribution in [1.29, 1.82) is 0 Å². The van der Waals surface area contributed by atoms with Crippen molar-refractivity contribution in [2.75, 3.05) is 7.11 Å². The first kappa shape index (κ1) is 13.6. The van der Waals surface area contributed by atoms with E-state index in [1.165, 1.54) is 0 Å². The van der Waals surface area contributed by atoms with Gasteiger partial charge in [0.25, 0.3) is 0 Å². The third kappa shape index (κ3) is 1.93. The molecular formula is C18H14N2O3. The molecule has 5 heteroatoms. The summed E-state index contributed by atoms with van der Waals surface area (Å²) < 4.78 is 5.27. The quantitative estimate of drug-likeness (QED) is 0.716. The van der Waals surface area contributed by atoms with Crippen molar-refractivity contribution in [3.63, 3.8) is 0 Å². The van der Waals surface area contributed by atoms with E-state index >= 15 is 0 Å². The third-order valence-corrected chi connectivity index (χ3v) is 4.30. The number of aromatic hydroxyl groups is 1. The zero-order valence-electron chi connectivity index (χ0n) is 12.5. The first-order valence-electron chi connectivity index (χ1n) is 7.26. The van der Waals surface area contributed by atoms with Gasteiger partial charge in [-0.15, -0.1) is 4.91 Å². The van der Waals surface area contributed by atoms with Gasteiger partial charge < -0.3 is 14.8 Å². The van der Waals surface area contributed by atoms with Crippen LogP contribution in [0, 0.1) is 4.91 Å². The lowest BCUT2D eigenvalue weighted by Gasteiger charge is -2.04. The van der Waals surface area contributed by atoms with Crippen LogP contribution < -0.4 is 4.74 Å². The highest BCUT2D eigenvalue weighted by atomic mass is 16.5. The lowest BCUT2D eigenvalue weighted by Crippen LogP contribution is -1.87. The van der Waals surface area contributed by atoms with Crippen LogP contribution in [0.15, 0.2) is 47.6 Å². The summed E-state index contributed by atoms with van der Waals surface area (Å²) in [5.41, 5.74) is 4.39. The number of methoxy groups -OCH3 is 1. The first-order chi connectivity index (χ1) is 11.2. The molecule has 23 heavy (non-hydrogen) atoms. The Morgan fingerprint density at radius 1 is 1.22 bits per heavy atom. The molecule has 0 bridgehead atoms. The van der Waals surface area contributed by atoms with E-state index in [-0.39, 0.29) is 5.88 Å². The molecule has 0 fully saturated rings. The monoisotopic (exact) mass is 306 g/mol. The molecule has 0 saturated heterocycles.